The lowest BCUT2D eigenvalue weighted by atomic mass is 9.92. The van der Waals surface area contributed by atoms with Gasteiger partial charge in [0.25, 0.3) is 5.91 Å². The molecule has 26 heavy (non-hydrogen) atoms. The molecule has 2 amide bonds. The van der Waals surface area contributed by atoms with Crippen LogP contribution in [0.4, 0.5) is 5.69 Å². The van der Waals surface area contributed by atoms with Crippen molar-refractivity contribution in [2.75, 3.05) is 18.4 Å². The van der Waals surface area contributed by atoms with Crippen molar-refractivity contribution < 1.29 is 9.59 Å². The molecule has 134 valence electrons. The van der Waals surface area contributed by atoms with Crippen LogP contribution in [0, 0.1) is 0 Å². The summed E-state index contributed by atoms with van der Waals surface area (Å²) in [6.07, 6.45) is 1.72. The number of benzene rings is 2. The highest BCUT2D eigenvalue weighted by atomic mass is 35.5. The normalized spacial score (nSPS) is 18.0. The van der Waals surface area contributed by atoms with Crippen molar-refractivity contribution in [1.29, 1.82) is 0 Å². The Hall–Kier alpha value is -2.53. The summed E-state index contributed by atoms with van der Waals surface area (Å²) in [4.78, 5) is 26.9. The second-order valence-corrected chi connectivity index (χ2v) is 7.33. The highest BCUT2D eigenvalue weighted by Crippen LogP contribution is 2.33. The zero-order valence-electron chi connectivity index (χ0n) is 14.3. The van der Waals surface area contributed by atoms with Gasteiger partial charge in [0.2, 0.25) is 5.91 Å². The lowest BCUT2D eigenvalue weighted by molar-refractivity contribution is -0.132. The molecule has 5 nitrogen and oxygen atoms in total. The van der Waals surface area contributed by atoms with Crippen LogP contribution in [0.5, 0.6) is 0 Å². The van der Waals surface area contributed by atoms with E-state index >= 15 is 0 Å². The predicted molar refractivity (Wildman–Crippen MR) is 101 cm³/mol. The van der Waals surface area contributed by atoms with E-state index in [2.05, 4.69) is 10.6 Å². The topological polar surface area (TPSA) is 61.4 Å². The van der Waals surface area contributed by atoms with Crippen LogP contribution in [0.25, 0.3) is 0 Å². The van der Waals surface area contributed by atoms with E-state index in [1.807, 2.05) is 35.2 Å². The van der Waals surface area contributed by atoms with Gasteiger partial charge in [-0.2, -0.15) is 0 Å². The Kier molecular flexibility index (Phi) is 4.32. The Labute approximate surface area is 157 Å². The standard InChI is InChI=1S/C20H20ClN3O2/c21-15-6-7-16-17(13-15)22-20(23-19(16)26)8-10-24(11-9-20)18(25)12-14-4-2-1-3-5-14/h1-7,13,22H,8-12H2,(H,23,26). The Morgan fingerprint density at radius 1 is 1.08 bits per heavy atom. The first-order valence-corrected chi connectivity index (χ1v) is 9.14. The SMILES string of the molecule is O=C1NC2(CCN(C(=O)Cc3ccccc3)CC2)Nc2cc(Cl)ccc21. The fourth-order valence-electron chi connectivity index (χ4n) is 3.66. The molecule has 2 heterocycles. The number of rotatable bonds is 2. The molecule has 0 unspecified atom stereocenters. The van der Waals surface area contributed by atoms with Crippen molar-refractivity contribution in [2.45, 2.75) is 24.9 Å². The first-order chi connectivity index (χ1) is 12.5. The number of carbonyl (C=O) groups excluding carboxylic acids is 2. The monoisotopic (exact) mass is 369 g/mol. The fraction of sp³-hybridized carbons (Fsp3) is 0.300. The van der Waals surface area contributed by atoms with E-state index in [4.69, 9.17) is 11.6 Å². The maximum absolute atomic E-state index is 12.5. The van der Waals surface area contributed by atoms with Crippen LogP contribution in [0.2, 0.25) is 5.02 Å². The molecule has 0 saturated carbocycles. The molecule has 0 radical (unpaired) electrons. The van der Waals surface area contributed by atoms with Crippen LogP contribution in [0.15, 0.2) is 48.5 Å². The maximum atomic E-state index is 12.5. The van der Waals surface area contributed by atoms with Gasteiger partial charge < -0.3 is 15.5 Å². The maximum Gasteiger partial charge on any atom is 0.255 e. The number of hydrogen-bond donors (Lipinski definition) is 2. The smallest absolute Gasteiger partial charge is 0.255 e. The number of halogens is 1. The minimum Gasteiger partial charge on any atom is -0.362 e. The summed E-state index contributed by atoms with van der Waals surface area (Å²) < 4.78 is 0. The average molecular weight is 370 g/mol. The largest absolute Gasteiger partial charge is 0.362 e. The minimum absolute atomic E-state index is 0.0977. The molecule has 2 aliphatic rings. The van der Waals surface area contributed by atoms with E-state index in [9.17, 15) is 9.59 Å². The first kappa shape index (κ1) is 16.9. The van der Waals surface area contributed by atoms with Gasteiger partial charge >= 0.3 is 0 Å². The summed E-state index contributed by atoms with van der Waals surface area (Å²) in [5.74, 6) is 0.0242. The van der Waals surface area contributed by atoms with Crippen molar-refractivity contribution in [1.82, 2.24) is 10.2 Å². The molecule has 0 aliphatic carbocycles. The number of fused-ring (bicyclic) bond motifs is 1. The second-order valence-electron chi connectivity index (χ2n) is 6.89. The van der Waals surface area contributed by atoms with E-state index < -0.39 is 5.66 Å². The van der Waals surface area contributed by atoms with E-state index in [-0.39, 0.29) is 11.8 Å². The van der Waals surface area contributed by atoms with Crippen molar-refractivity contribution >= 4 is 29.1 Å². The van der Waals surface area contributed by atoms with Crippen molar-refractivity contribution in [2.24, 2.45) is 0 Å². The number of piperidine rings is 1. The first-order valence-electron chi connectivity index (χ1n) is 8.77. The molecule has 1 fully saturated rings. The van der Waals surface area contributed by atoms with Gasteiger partial charge in [-0.15, -0.1) is 0 Å². The molecule has 0 aromatic heterocycles. The van der Waals surface area contributed by atoms with Crippen LogP contribution in [0.3, 0.4) is 0 Å². The van der Waals surface area contributed by atoms with Gasteiger partial charge in [0.15, 0.2) is 0 Å². The molecule has 0 atom stereocenters. The molecule has 0 bridgehead atoms. The molecule has 1 saturated heterocycles. The Morgan fingerprint density at radius 2 is 1.81 bits per heavy atom. The molecule has 2 aromatic rings. The van der Waals surface area contributed by atoms with Gasteiger partial charge in [0.1, 0.15) is 5.66 Å². The van der Waals surface area contributed by atoms with Crippen LogP contribution in [-0.2, 0) is 11.2 Å². The number of hydrogen-bond acceptors (Lipinski definition) is 3. The molecular weight excluding hydrogens is 350 g/mol. The number of likely N-dealkylation sites (tertiary alicyclic amines) is 1. The third-order valence-corrected chi connectivity index (χ3v) is 5.36. The van der Waals surface area contributed by atoms with Gasteiger partial charge in [-0.1, -0.05) is 41.9 Å². The van der Waals surface area contributed by atoms with Gasteiger partial charge in [-0.3, -0.25) is 9.59 Å². The molecule has 6 heteroatoms. The number of nitrogens with one attached hydrogen (secondary N) is 2. The average Bonchev–Trinajstić information content (AvgIpc) is 2.62. The summed E-state index contributed by atoms with van der Waals surface area (Å²) in [6, 6.07) is 15.0. The van der Waals surface area contributed by atoms with Crippen LogP contribution in [-0.4, -0.2) is 35.5 Å². The molecule has 2 aliphatic heterocycles. The number of anilines is 1. The highest BCUT2D eigenvalue weighted by Gasteiger charge is 2.40. The fourth-order valence-corrected chi connectivity index (χ4v) is 3.83. The molecule has 1 spiro atoms. The van der Waals surface area contributed by atoms with E-state index in [1.54, 1.807) is 18.2 Å². The number of carbonyl (C=O) groups is 2. The van der Waals surface area contributed by atoms with Crippen LogP contribution >= 0.6 is 11.6 Å². The lowest BCUT2D eigenvalue weighted by Crippen LogP contribution is -2.62. The Balaban J connectivity index is 1.43. The van der Waals surface area contributed by atoms with Crippen LogP contribution in [0.1, 0.15) is 28.8 Å². The zero-order valence-corrected chi connectivity index (χ0v) is 15.1. The quantitative estimate of drug-likeness (QED) is 0.855. The third kappa shape index (κ3) is 3.27. The van der Waals surface area contributed by atoms with Crippen molar-refractivity contribution in [3.8, 4) is 0 Å². The number of nitrogens with zero attached hydrogens (tertiary/aromatic N) is 1. The predicted octanol–water partition coefficient (Wildman–Crippen LogP) is 3.06. The Morgan fingerprint density at radius 3 is 2.54 bits per heavy atom. The highest BCUT2D eigenvalue weighted by molar-refractivity contribution is 6.31. The molecular formula is C20H20ClN3O2. The van der Waals surface area contributed by atoms with E-state index in [1.165, 1.54) is 0 Å². The van der Waals surface area contributed by atoms with Gasteiger partial charge in [-0.05, 0) is 23.8 Å². The van der Waals surface area contributed by atoms with E-state index in [0.717, 1.165) is 11.3 Å². The summed E-state index contributed by atoms with van der Waals surface area (Å²) >= 11 is 6.07. The molecule has 4 rings (SSSR count). The van der Waals surface area contributed by atoms with Crippen molar-refractivity contribution in [3.05, 3.63) is 64.7 Å². The second kappa shape index (κ2) is 6.65. The summed E-state index contributed by atoms with van der Waals surface area (Å²) in [6.45, 7) is 1.21. The summed E-state index contributed by atoms with van der Waals surface area (Å²) in [5, 5.41) is 7.12. The van der Waals surface area contributed by atoms with Crippen molar-refractivity contribution in [3.63, 3.8) is 0 Å². The van der Waals surface area contributed by atoms with Gasteiger partial charge in [0.05, 0.1) is 17.7 Å². The lowest BCUT2D eigenvalue weighted by Gasteiger charge is -2.46. The minimum atomic E-state index is -0.516. The summed E-state index contributed by atoms with van der Waals surface area (Å²) in [5.41, 5.74) is 1.86. The molecule has 2 N–H and O–H groups in total. The van der Waals surface area contributed by atoms with Crippen LogP contribution < -0.4 is 10.6 Å². The van der Waals surface area contributed by atoms with Gasteiger partial charge in [-0.25, -0.2) is 0 Å². The zero-order chi connectivity index (χ0) is 18.1. The number of amides is 2. The van der Waals surface area contributed by atoms with E-state index in [0.29, 0.717) is 42.9 Å². The summed E-state index contributed by atoms with van der Waals surface area (Å²) in [7, 11) is 0. The Bertz CT molecular complexity index is 845. The third-order valence-electron chi connectivity index (χ3n) is 5.12. The molecule has 2 aromatic carbocycles. The van der Waals surface area contributed by atoms with Gasteiger partial charge in [0, 0.05) is 31.0 Å².